The summed E-state index contributed by atoms with van der Waals surface area (Å²) in [6, 6.07) is 3.92. The van der Waals surface area contributed by atoms with E-state index in [-0.39, 0.29) is 17.9 Å². The van der Waals surface area contributed by atoms with Crippen LogP contribution < -0.4 is 0 Å². The predicted molar refractivity (Wildman–Crippen MR) is 83.0 cm³/mol. The Morgan fingerprint density at radius 2 is 2.10 bits per heavy atom. The Hall–Kier alpha value is -0.680. The van der Waals surface area contributed by atoms with Gasteiger partial charge in [0.25, 0.3) is 5.91 Å². The standard InChI is InChI=1S/C15H18BrNO2S/c16-14-8-7-13(20-14)15(19)17-9-2-1-5-11(17)10-4-3-6-12(10)18/h7-8,10-11H,1-6,9H2. The van der Waals surface area contributed by atoms with Gasteiger partial charge in [-0.25, -0.2) is 0 Å². The van der Waals surface area contributed by atoms with E-state index in [2.05, 4.69) is 15.9 Å². The first-order valence-corrected chi connectivity index (χ1v) is 8.87. The molecule has 1 saturated carbocycles. The molecular formula is C15H18BrNO2S. The van der Waals surface area contributed by atoms with Crippen molar-refractivity contribution in [2.75, 3.05) is 6.54 Å². The van der Waals surface area contributed by atoms with Gasteiger partial charge in [0.1, 0.15) is 5.78 Å². The van der Waals surface area contributed by atoms with Crippen LogP contribution in [0.5, 0.6) is 0 Å². The molecule has 108 valence electrons. The molecule has 2 heterocycles. The number of hydrogen-bond acceptors (Lipinski definition) is 3. The lowest BCUT2D eigenvalue weighted by Gasteiger charge is -2.38. The maximum atomic E-state index is 12.7. The van der Waals surface area contributed by atoms with E-state index in [1.165, 1.54) is 11.3 Å². The third kappa shape index (κ3) is 2.70. The summed E-state index contributed by atoms with van der Waals surface area (Å²) in [4.78, 5) is 27.5. The molecule has 0 aromatic carbocycles. The average molecular weight is 356 g/mol. The summed E-state index contributed by atoms with van der Waals surface area (Å²) in [5.74, 6) is 0.551. The van der Waals surface area contributed by atoms with Gasteiger partial charge < -0.3 is 4.90 Å². The van der Waals surface area contributed by atoms with E-state index >= 15 is 0 Å². The summed E-state index contributed by atoms with van der Waals surface area (Å²) in [6.45, 7) is 0.794. The van der Waals surface area contributed by atoms with Crippen molar-refractivity contribution in [1.82, 2.24) is 4.90 Å². The van der Waals surface area contributed by atoms with Crippen molar-refractivity contribution < 1.29 is 9.59 Å². The van der Waals surface area contributed by atoms with Crippen LogP contribution in [0.25, 0.3) is 0 Å². The highest BCUT2D eigenvalue weighted by Gasteiger charge is 2.39. The van der Waals surface area contributed by atoms with E-state index in [1.54, 1.807) is 0 Å². The van der Waals surface area contributed by atoms with E-state index < -0.39 is 0 Å². The van der Waals surface area contributed by atoms with Crippen LogP contribution in [-0.4, -0.2) is 29.2 Å². The first-order valence-electron chi connectivity index (χ1n) is 7.26. The molecule has 2 aliphatic rings. The Morgan fingerprint density at radius 3 is 2.75 bits per heavy atom. The highest BCUT2D eigenvalue weighted by molar-refractivity contribution is 9.11. The summed E-state index contributed by atoms with van der Waals surface area (Å²) in [5.41, 5.74) is 0. The lowest BCUT2D eigenvalue weighted by atomic mass is 9.88. The van der Waals surface area contributed by atoms with Gasteiger partial charge in [-0.15, -0.1) is 11.3 Å². The molecule has 1 aromatic rings. The van der Waals surface area contributed by atoms with Gasteiger partial charge >= 0.3 is 0 Å². The molecule has 1 amide bonds. The first-order chi connectivity index (χ1) is 9.66. The van der Waals surface area contributed by atoms with Crippen molar-refractivity contribution >= 4 is 39.0 Å². The molecule has 1 aromatic heterocycles. The van der Waals surface area contributed by atoms with Crippen LogP contribution in [0.2, 0.25) is 0 Å². The molecule has 3 rings (SSSR count). The van der Waals surface area contributed by atoms with Crippen LogP contribution in [0.15, 0.2) is 15.9 Å². The molecule has 0 spiro atoms. The van der Waals surface area contributed by atoms with Crippen molar-refractivity contribution in [3.63, 3.8) is 0 Å². The number of amides is 1. The Balaban J connectivity index is 1.81. The Kier molecular flexibility index (Phi) is 4.26. The molecular weight excluding hydrogens is 338 g/mol. The van der Waals surface area contributed by atoms with Crippen LogP contribution >= 0.6 is 27.3 Å². The molecule has 2 unspecified atom stereocenters. The summed E-state index contributed by atoms with van der Waals surface area (Å²) >= 11 is 4.88. The van der Waals surface area contributed by atoms with Gasteiger partial charge in [0, 0.05) is 24.9 Å². The molecule has 2 fully saturated rings. The molecule has 3 nitrogen and oxygen atoms in total. The molecule has 2 atom stereocenters. The summed E-state index contributed by atoms with van der Waals surface area (Å²) in [6.07, 6.45) is 5.82. The lowest BCUT2D eigenvalue weighted by Crippen LogP contribution is -2.48. The van der Waals surface area contributed by atoms with Gasteiger partial charge in [0.15, 0.2) is 0 Å². The van der Waals surface area contributed by atoms with Gasteiger partial charge in [0.05, 0.1) is 8.66 Å². The quantitative estimate of drug-likeness (QED) is 0.807. The highest BCUT2D eigenvalue weighted by atomic mass is 79.9. The molecule has 1 saturated heterocycles. The van der Waals surface area contributed by atoms with Crippen molar-refractivity contribution in [3.05, 3.63) is 20.8 Å². The number of halogens is 1. The summed E-state index contributed by atoms with van der Waals surface area (Å²) in [5, 5.41) is 0. The number of rotatable bonds is 2. The van der Waals surface area contributed by atoms with Crippen LogP contribution in [0.4, 0.5) is 0 Å². The number of carbonyl (C=O) groups is 2. The van der Waals surface area contributed by atoms with Gasteiger partial charge in [-0.1, -0.05) is 0 Å². The Labute approximate surface area is 131 Å². The summed E-state index contributed by atoms with van der Waals surface area (Å²) < 4.78 is 0.978. The second kappa shape index (κ2) is 5.98. The van der Waals surface area contributed by atoms with Crippen molar-refractivity contribution in [3.8, 4) is 0 Å². The van der Waals surface area contributed by atoms with Crippen molar-refractivity contribution in [2.45, 2.75) is 44.6 Å². The second-order valence-corrected chi connectivity index (χ2v) is 8.09. The summed E-state index contributed by atoms with van der Waals surface area (Å²) in [7, 11) is 0. The topological polar surface area (TPSA) is 37.4 Å². The molecule has 20 heavy (non-hydrogen) atoms. The van der Waals surface area contributed by atoms with E-state index in [9.17, 15) is 9.59 Å². The van der Waals surface area contributed by atoms with Crippen molar-refractivity contribution in [1.29, 1.82) is 0 Å². The van der Waals surface area contributed by atoms with Gasteiger partial charge in [-0.2, -0.15) is 0 Å². The van der Waals surface area contributed by atoms with E-state index in [0.717, 1.165) is 47.3 Å². The number of carbonyl (C=O) groups excluding carboxylic acids is 2. The molecule has 1 aliphatic carbocycles. The number of thiophene rings is 1. The number of nitrogens with zero attached hydrogens (tertiary/aromatic N) is 1. The van der Waals surface area contributed by atoms with E-state index in [4.69, 9.17) is 0 Å². The fourth-order valence-corrected chi connectivity index (χ4v) is 4.79. The third-order valence-corrected chi connectivity index (χ3v) is 6.02. The zero-order valence-corrected chi connectivity index (χ0v) is 13.7. The largest absolute Gasteiger partial charge is 0.334 e. The first kappa shape index (κ1) is 14.3. The minimum absolute atomic E-state index is 0.0858. The van der Waals surface area contributed by atoms with Crippen LogP contribution in [0.1, 0.15) is 48.2 Å². The minimum Gasteiger partial charge on any atom is -0.334 e. The van der Waals surface area contributed by atoms with Gasteiger partial charge in [-0.05, 0) is 60.2 Å². The van der Waals surface area contributed by atoms with Gasteiger partial charge in [-0.3, -0.25) is 9.59 Å². The third-order valence-electron chi connectivity index (χ3n) is 4.41. The maximum Gasteiger partial charge on any atom is 0.264 e. The monoisotopic (exact) mass is 355 g/mol. The average Bonchev–Trinajstić information content (AvgIpc) is 3.07. The Morgan fingerprint density at radius 1 is 1.25 bits per heavy atom. The molecule has 1 aliphatic heterocycles. The minimum atomic E-state index is 0.0858. The number of likely N-dealkylation sites (tertiary alicyclic amines) is 1. The zero-order chi connectivity index (χ0) is 14.1. The predicted octanol–water partition coefficient (Wildman–Crippen LogP) is 3.87. The van der Waals surface area contributed by atoms with Crippen LogP contribution in [0.3, 0.4) is 0 Å². The fourth-order valence-electron chi connectivity index (χ4n) is 3.45. The van der Waals surface area contributed by atoms with E-state index in [0.29, 0.717) is 12.2 Å². The number of Topliss-reactive ketones (excluding diaryl/α,β-unsaturated/α-hetero) is 1. The molecule has 5 heteroatoms. The zero-order valence-electron chi connectivity index (χ0n) is 11.3. The van der Waals surface area contributed by atoms with Crippen molar-refractivity contribution in [2.24, 2.45) is 5.92 Å². The van der Waals surface area contributed by atoms with Crippen LogP contribution in [-0.2, 0) is 4.79 Å². The smallest absolute Gasteiger partial charge is 0.264 e. The van der Waals surface area contributed by atoms with Gasteiger partial charge in [0.2, 0.25) is 0 Å². The molecule has 0 bridgehead atoms. The molecule has 0 N–H and O–H groups in total. The maximum absolute atomic E-state index is 12.7. The Bertz CT molecular complexity index is 528. The van der Waals surface area contributed by atoms with E-state index in [1.807, 2.05) is 17.0 Å². The highest BCUT2D eigenvalue weighted by Crippen LogP contribution is 2.34. The number of piperidine rings is 1. The molecule has 0 radical (unpaired) electrons. The fraction of sp³-hybridized carbons (Fsp3) is 0.600. The van der Waals surface area contributed by atoms with Crippen LogP contribution in [0, 0.1) is 5.92 Å². The lowest BCUT2D eigenvalue weighted by molar-refractivity contribution is -0.122. The number of ketones is 1. The number of hydrogen-bond donors (Lipinski definition) is 0. The normalized spacial score (nSPS) is 27.1. The SMILES string of the molecule is O=C1CCCC1C1CCCCN1C(=O)c1ccc(Br)s1. The second-order valence-electron chi connectivity index (χ2n) is 5.63.